The summed E-state index contributed by atoms with van der Waals surface area (Å²) in [4.78, 5) is 37.7. The van der Waals surface area contributed by atoms with Crippen molar-refractivity contribution in [2.45, 2.75) is 12.3 Å². The summed E-state index contributed by atoms with van der Waals surface area (Å²) in [6.07, 6.45) is 0. The zero-order valence-electron chi connectivity index (χ0n) is 16.6. The zero-order valence-corrected chi connectivity index (χ0v) is 17.5. The molecule has 156 valence electrons. The number of thioether (sulfide) groups is 1. The first-order valence-electron chi connectivity index (χ1n) is 9.59. The molecule has 1 aliphatic rings. The Morgan fingerprint density at radius 1 is 1.10 bits per heavy atom. The van der Waals surface area contributed by atoms with Crippen LogP contribution in [0.25, 0.3) is 0 Å². The number of nitrogens with one attached hydrogen (secondary N) is 1. The first kappa shape index (κ1) is 20.6. The second-order valence-electron chi connectivity index (χ2n) is 7.11. The molecule has 31 heavy (non-hydrogen) atoms. The number of carbonyl (C=O) groups excluding carboxylic acids is 2. The maximum absolute atomic E-state index is 12.8. The van der Waals surface area contributed by atoms with Crippen LogP contribution in [-0.4, -0.2) is 22.5 Å². The highest BCUT2D eigenvalue weighted by atomic mass is 32.2. The average molecular weight is 433 g/mol. The van der Waals surface area contributed by atoms with Gasteiger partial charge in [-0.25, -0.2) is 0 Å². The van der Waals surface area contributed by atoms with Crippen molar-refractivity contribution in [2.24, 2.45) is 0 Å². The molecule has 0 unspecified atom stereocenters. The van der Waals surface area contributed by atoms with Gasteiger partial charge >= 0.3 is 0 Å². The first-order valence-corrected chi connectivity index (χ1v) is 10.6. The second-order valence-corrected chi connectivity index (χ2v) is 8.18. The van der Waals surface area contributed by atoms with Crippen LogP contribution in [-0.2, 0) is 4.79 Å². The fraction of sp³-hybridized carbons (Fsp3) is 0.130. The molecule has 1 aliphatic heterocycles. The lowest BCUT2D eigenvalue weighted by Crippen LogP contribution is -2.28. The van der Waals surface area contributed by atoms with E-state index >= 15 is 0 Å². The van der Waals surface area contributed by atoms with Gasteiger partial charge in [-0.15, -0.1) is 11.8 Å². The molecule has 0 spiro atoms. The highest BCUT2D eigenvalue weighted by molar-refractivity contribution is 8.00. The Bertz CT molecular complexity index is 1160. The molecule has 0 radical (unpaired) electrons. The van der Waals surface area contributed by atoms with Gasteiger partial charge in [0.05, 0.1) is 10.7 Å². The van der Waals surface area contributed by atoms with E-state index < -0.39 is 10.8 Å². The molecule has 1 saturated heterocycles. The Morgan fingerprint density at radius 3 is 2.58 bits per heavy atom. The fourth-order valence-electron chi connectivity index (χ4n) is 3.42. The molecular weight excluding hydrogens is 414 g/mol. The zero-order chi connectivity index (χ0) is 22.0. The Morgan fingerprint density at radius 2 is 1.84 bits per heavy atom. The molecule has 7 nitrogen and oxygen atoms in total. The minimum atomic E-state index is -0.537. The standard InChI is InChI=1S/C23H19N3O4S/c1-15-9-11-17(12-10-15)25-21(27)14-31-23(25)19-7-2-3-8-20(19)24-22(28)16-5-4-6-18(13-16)26(29)30/h2-13,23H,14H2,1H3,(H,24,28)/t23-/m1/s1. The minimum absolute atomic E-state index is 0.00123. The van der Waals surface area contributed by atoms with E-state index in [1.807, 2.05) is 43.3 Å². The third-order valence-electron chi connectivity index (χ3n) is 4.97. The first-order chi connectivity index (χ1) is 14.9. The quantitative estimate of drug-likeness (QED) is 0.455. The van der Waals surface area contributed by atoms with Crippen molar-refractivity contribution in [3.8, 4) is 0 Å². The fourth-order valence-corrected chi connectivity index (χ4v) is 4.63. The van der Waals surface area contributed by atoms with Crippen LogP contribution in [0.4, 0.5) is 17.1 Å². The number of nitro groups is 1. The normalized spacial score (nSPS) is 15.7. The number of para-hydroxylation sites is 1. The van der Waals surface area contributed by atoms with Crippen molar-refractivity contribution in [3.05, 3.63) is 99.6 Å². The lowest BCUT2D eigenvalue weighted by Gasteiger charge is -2.26. The van der Waals surface area contributed by atoms with Crippen molar-refractivity contribution < 1.29 is 14.5 Å². The van der Waals surface area contributed by atoms with Crippen LogP contribution >= 0.6 is 11.8 Å². The third kappa shape index (κ3) is 4.29. The summed E-state index contributed by atoms with van der Waals surface area (Å²) < 4.78 is 0. The van der Waals surface area contributed by atoms with Gasteiger partial charge in [0.2, 0.25) is 5.91 Å². The van der Waals surface area contributed by atoms with Gasteiger partial charge in [0.15, 0.2) is 0 Å². The third-order valence-corrected chi connectivity index (χ3v) is 6.17. The molecule has 3 aromatic rings. The summed E-state index contributed by atoms with van der Waals surface area (Å²) in [6, 6.07) is 20.6. The van der Waals surface area contributed by atoms with E-state index in [4.69, 9.17) is 0 Å². The molecule has 0 saturated carbocycles. The molecule has 0 aliphatic carbocycles. The highest BCUT2D eigenvalue weighted by Crippen LogP contribution is 2.44. The second kappa shape index (κ2) is 8.61. The predicted octanol–water partition coefficient (Wildman–Crippen LogP) is 4.93. The number of nitro benzene ring substituents is 1. The molecule has 2 amide bonds. The Kier molecular flexibility index (Phi) is 5.73. The van der Waals surface area contributed by atoms with Crippen molar-refractivity contribution in [3.63, 3.8) is 0 Å². The van der Waals surface area contributed by atoms with Gasteiger partial charge < -0.3 is 5.32 Å². The van der Waals surface area contributed by atoms with E-state index in [-0.39, 0.29) is 22.5 Å². The molecule has 8 heteroatoms. The molecule has 1 N–H and O–H groups in total. The Balaban J connectivity index is 1.64. The predicted molar refractivity (Wildman–Crippen MR) is 121 cm³/mol. The number of aryl methyl sites for hydroxylation is 1. The highest BCUT2D eigenvalue weighted by Gasteiger charge is 2.35. The molecule has 1 atom stereocenters. The molecule has 1 heterocycles. The van der Waals surface area contributed by atoms with Crippen LogP contribution in [0, 0.1) is 17.0 Å². The van der Waals surface area contributed by atoms with Crippen LogP contribution in [0.1, 0.15) is 26.9 Å². The van der Waals surface area contributed by atoms with E-state index in [0.29, 0.717) is 11.4 Å². The number of carbonyl (C=O) groups is 2. The largest absolute Gasteiger partial charge is 0.322 e. The minimum Gasteiger partial charge on any atom is -0.322 e. The topological polar surface area (TPSA) is 92.6 Å². The summed E-state index contributed by atoms with van der Waals surface area (Å²) in [5, 5.41) is 13.6. The van der Waals surface area contributed by atoms with Gasteiger partial charge in [-0.2, -0.15) is 0 Å². The number of hydrogen-bond donors (Lipinski definition) is 1. The van der Waals surface area contributed by atoms with Gasteiger partial charge in [-0.05, 0) is 31.2 Å². The maximum Gasteiger partial charge on any atom is 0.270 e. The number of rotatable bonds is 5. The van der Waals surface area contributed by atoms with Gasteiger partial charge in [-0.3, -0.25) is 24.6 Å². The van der Waals surface area contributed by atoms with Gasteiger partial charge in [-0.1, -0.05) is 42.0 Å². The molecule has 3 aromatic carbocycles. The van der Waals surface area contributed by atoms with Crippen LogP contribution in [0.2, 0.25) is 0 Å². The molecule has 4 rings (SSSR count). The lowest BCUT2D eigenvalue weighted by atomic mass is 10.1. The number of benzene rings is 3. The van der Waals surface area contributed by atoms with Gasteiger partial charge in [0, 0.05) is 34.6 Å². The number of anilines is 2. The summed E-state index contributed by atoms with van der Waals surface area (Å²) in [6.45, 7) is 1.99. The van der Waals surface area contributed by atoms with E-state index in [0.717, 1.165) is 16.8 Å². The SMILES string of the molecule is Cc1ccc(N2C(=O)CS[C@@H]2c2ccccc2NC(=O)c2cccc([N+](=O)[O-])c2)cc1. The summed E-state index contributed by atoms with van der Waals surface area (Å²) in [5.74, 6) is -0.114. The van der Waals surface area contributed by atoms with E-state index in [2.05, 4.69) is 5.32 Å². The van der Waals surface area contributed by atoms with Crippen molar-refractivity contribution in [2.75, 3.05) is 16.0 Å². The summed E-state index contributed by atoms with van der Waals surface area (Å²) in [7, 11) is 0. The van der Waals surface area contributed by atoms with Crippen LogP contribution in [0.3, 0.4) is 0 Å². The smallest absolute Gasteiger partial charge is 0.270 e. The van der Waals surface area contributed by atoms with Gasteiger partial charge in [0.1, 0.15) is 5.37 Å². The number of non-ortho nitro benzene ring substituents is 1. The van der Waals surface area contributed by atoms with Crippen molar-refractivity contribution in [1.82, 2.24) is 0 Å². The van der Waals surface area contributed by atoms with E-state index in [1.165, 1.54) is 36.0 Å². The van der Waals surface area contributed by atoms with E-state index in [1.54, 1.807) is 17.0 Å². The Hall–Kier alpha value is -3.65. The Labute approximate surface area is 183 Å². The monoisotopic (exact) mass is 433 g/mol. The molecule has 0 bridgehead atoms. The van der Waals surface area contributed by atoms with Crippen molar-refractivity contribution >= 4 is 40.6 Å². The number of nitrogens with zero attached hydrogens (tertiary/aromatic N) is 2. The average Bonchev–Trinajstić information content (AvgIpc) is 3.16. The summed E-state index contributed by atoms with van der Waals surface area (Å²) in [5.41, 5.74) is 3.29. The molecule has 1 fully saturated rings. The van der Waals surface area contributed by atoms with Gasteiger partial charge in [0.25, 0.3) is 11.6 Å². The van der Waals surface area contributed by atoms with Crippen LogP contribution in [0.5, 0.6) is 0 Å². The number of amides is 2. The van der Waals surface area contributed by atoms with E-state index in [9.17, 15) is 19.7 Å². The number of hydrogen-bond acceptors (Lipinski definition) is 5. The van der Waals surface area contributed by atoms with Crippen molar-refractivity contribution in [1.29, 1.82) is 0 Å². The summed E-state index contributed by atoms with van der Waals surface area (Å²) >= 11 is 1.49. The van der Waals surface area contributed by atoms with Crippen LogP contribution in [0.15, 0.2) is 72.8 Å². The molecular formula is C23H19N3O4S. The lowest BCUT2D eigenvalue weighted by molar-refractivity contribution is -0.384. The maximum atomic E-state index is 12.8. The van der Waals surface area contributed by atoms with Crippen LogP contribution < -0.4 is 10.2 Å². The molecule has 0 aromatic heterocycles.